The number of carboxylic acid groups (broad SMARTS) is 3. The van der Waals surface area contributed by atoms with Gasteiger partial charge in [-0.2, -0.15) is 12.6 Å². The highest BCUT2D eigenvalue weighted by molar-refractivity contribution is 7.80. The summed E-state index contributed by atoms with van der Waals surface area (Å²) in [6.07, 6.45) is 1.11. The van der Waals surface area contributed by atoms with Crippen LogP contribution in [0.25, 0.3) is 0 Å². The fourth-order valence-corrected chi connectivity index (χ4v) is 3.04. The Bertz CT molecular complexity index is 911. The van der Waals surface area contributed by atoms with Crippen LogP contribution < -0.4 is 21.7 Å². The molecular formula is C19H28N6O9S. The third kappa shape index (κ3) is 10.9. The SMILES string of the molecule is NC(CCC(=O)O)C(=O)NC(CS)C(=O)NC(CCC(=O)O)C(=O)NC(Cc1cnc[nH]1)C(=O)O. The second-order valence-corrected chi connectivity index (χ2v) is 7.82. The van der Waals surface area contributed by atoms with E-state index in [1.165, 1.54) is 12.5 Å². The van der Waals surface area contributed by atoms with Gasteiger partial charge in [0.2, 0.25) is 17.7 Å². The molecule has 1 aromatic rings. The maximum absolute atomic E-state index is 12.7. The normalized spacial score (nSPS) is 14.1. The Hall–Kier alpha value is -3.66. The summed E-state index contributed by atoms with van der Waals surface area (Å²) >= 11 is 3.98. The summed E-state index contributed by atoms with van der Waals surface area (Å²) in [7, 11) is 0. The lowest BCUT2D eigenvalue weighted by molar-refractivity contribution is -0.143. The molecule has 0 radical (unpaired) electrons. The summed E-state index contributed by atoms with van der Waals surface area (Å²) in [4.78, 5) is 77.2. The van der Waals surface area contributed by atoms with Crippen molar-refractivity contribution in [2.45, 2.75) is 56.3 Å². The zero-order valence-corrected chi connectivity index (χ0v) is 19.4. The fourth-order valence-electron chi connectivity index (χ4n) is 2.78. The smallest absolute Gasteiger partial charge is 0.326 e. The van der Waals surface area contributed by atoms with Crippen LogP contribution in [0, 0.1) is 0 Å². The van der Waals surface area contributed by atoms with Crippen LogP contribution in [0.3, 0.4) is 0 Å². The fraction of sp³-hybridized carbons (Fsp3) is 0.526. The van der Waals surface area contributed by atoms with Crippen LogP contribution in [0.15, 0.2) is 12.5 Å². The number of nitrogens with one attached hydrogen (secondary N) is 4. The van der Waals surface area contributed by atoms with Gasteiger partial charge in [0.25, 0.3) is 0 Å². The number of carbonyl (C=O) groups excluding carboxylic acids is 3. The van der Waals surface area contributed by atoms with Crippen molar-refractivity contribution in [2.75, 3.05) is 5.75 Å². The zero-order chi connectivity index (χ0) is 26.5. The maximum Gasteiger partial charge on any atom is 0.326 e. The second-order valence-electron chi connectivity index (χ2n) is 7.46. The second kappa shape index (κ2) is 14.6. The van der Waals surface area contributed by atoms with Gasteiger partial charge in [0, 0.05) is 36.9 Å². The number of aromatic amines is 1. The number of imidazole rings is 1. The Kier molecular flexibility index (Phi) is 12.2. The first-order valence-electron chi connectivity index (χ1n) is 10.4. The number of rotatable bonds is 16. The molecule has 9 N–H and O–H groups in total. The van der Waals surface area contributed by atoms with Gasteiger partial charge in [-0.05, 0) is 12.8 Å². The first-order valence-corrected chi connectivity index (χ1v) is 11.0. The number of hydrogen-bond acceptors (Lipinski definition) is 9. The monoisotopic (exact) mass is 516 g/mol. The average Bonchev–Trinajstić information content (AvgIpc) is 3.30. The highest BCUT2D eigenvalue weighted by Gasteiger charge is 2.30. The standard InChI is InChI=1S/C19H28N6O9S/c20-10(1-3-14(26)27)16(30)25-13(7-35)18(32)23-11(2-4-15(28)29)17(31)24-12(19(33)34)5-9-6-21-8-22-9/h6,8,10-13,35H,1-5,7,20H2,(H,21,22)(H,23,32)(H,24,31)(H,25,30)(H,26,27)(H,28,29)(H,33,34). The minimum Gasteiger partial charge on any atom is -0.481 e. The van der Waals surface area contributed by atoms with Crippen LogP contribution in [0.2, 0.25) is 0 Å². The molecular weight excluding hydrogens is 488 g/mol. The zero-order valence-electron chi connectivity index (χ0n) is 18.5. The average molecular weight is 517 g/mol. The van der Waals surface area contributed by atoms with Gasteiger partial charge in [-0.3, -0.25) is 24.0 Å². The summed E-state index contributed by atoms with van der Waals surface area (Å²) in [6, 6.07) is -5.35. The number of aliphatic carboxylic acids is 3. The Labute approximate surface area is 204 Å². The van der Waals surface area contributed by atoms with E-state index in [1.54, 1.807) is 0 Å². The van der Waals surface area contributed by atoms with Crippen molar-refractivity contribution < 1.29 is 44.1 Å². The van der Waals surface area contributed by atoms with E-state index in [-0.39, 0.29) is 31.4 Å². The van der Waals surface area contributed by atoms with E-state index in [2.05, 4.69) is 38.5 Å². The van der Waals surface area contributed by atoms with Crippen LogP contribution >= 0.6 is 12.6 Å². The Balaban J connectivity index is 2.88. The molecule has 35 heavy (non-hydrogen) atoms. The van der Waals surface area contributed by atoms with E-state index < -0.39 is 66.2 Å². The van der Waals surface area contributed by atoms with Gasteiger partial charge < -0.3 is 42.0 Å². The van der Waals surface area contributed by atoms with Crippen LogP contribution in [-0.2, 0) is 35.2 Å². The number of nitrogens with two attached hydrogens (primary N) is 1. The summed E-state index contributed by atoms with van der Waals surface area (Å²) in [6.45, 7) is 0. The Morgan fingerprint density at radius 2 is 1.43 bits per heavy atom. The number of amides is 3. The van der Waals surface area contributed by atoms with Gasteiger partial charge in [-0.25, -0.2) is 9.78 Å². The van der Waals surface area contributed by atoms with Crippen molar-refractivity contribution in [3.63, 3.8) is 0 Å². The Morgan fingerprint density at radius 1 is 0.886 bits per heavy atom. The van der Waals surface area contributed by atoms with Crippen molar-refractivity contribution >= 4 is 48.3 Å². The number of thiol groups is 1. The molecule has 0 spiro atoms. The lowest BCUT2D eigenvalue weighted by Crippen LogP contribution is -2.57. The first-order chi connectivity index (χ1) is 16.4. The molecule has 0 aliphatic carbocycles. The van der Waals surface area contributed by atoms with Gasteiger partial charge in [0.15, 0.2) is 0 Å². The predicted molar refractivity (Wildman–Crippen MR) is 121 cm³/mol. The first kappa shape index (κ1) is 29.4. The number of hydrogen-bond donors (Lipinski definition) is 9. The minimum atomic E-state index is -1.44. The molecule has 4 unspecified atom stereocenters. The quantitative estimate of drug-likeness (QED) is 0.104. The summed E-state index contributed by atoms with van der Waals surface area (Å²) in [5.74, 6) is -6.68. The van der Waals surface area contributed by atoms with Gasteiger partial charge >= 0.3 is 17.9 Å². The van der Waals surface area contributed by atoms with Crippen molar-refractivity contribution in [3.05, 3.63) is 18.2 Å². The number of carboxylic acids is 3. The van der Waals surface area contributed by atoms with Crippen molar-refractivity contribution in [2.24, 2.45) is 5.73 Å². The largest absolute Gasteiger partial charge is 0.481 e. The van der Waals surface area contributed by atoms with E-state index in [4.69, 9.17) is 15.9 Å². The van der Waals surface area contributed by atoms with Crippen molar-refractivity contribution in [3.8, 4) is 0 Å². The maximum atomic E-state index is 12.7. The van der Waals surface area contributed by atoms with Crippen LogP contribution in [-0.4, -0.2) is 90.8 Å². The van der Waals surface area contributed by atoms with Crippen molar-refractivity contribution in [1.29, 1.82) is 0 Å². The third-order valence-electron chi connectivity index (χ3n) is 4.69. The topological polar surface area (TPSA) is 254 Å². The van der Waals surface area contributed by atoms with Crippen LogP contribution in [0.1, 0.15) is 31.4 Å². The predicted octanol–water partition coefficient (Wildman–Crippen LogP) is -2.52. The Morgan fingerprint density at radius 3 is 1.94 bits per heavy atom. The molecule has 194 valence electrons. The van der Waals surface area contributed by atoms with Gasteiger partial charge in [-0.15, -0.1) is 0 Å². The highest BCUT2D eigenvalue weighted by atomic mass is 32.1. The molecule has 15 nitrogen and oxygen atoms in total. The van der Waals surface area contributed by atoms with Gasteiger partial charge in [0.05, 0.1) is 12.4 Å². The molecule has 0 saturated carbocycles. The summed E-state index contributed by atoms with van der Waals surface area (Å²) < 4.78 is 0. The molecule has 0 fully saturated rings. The van der Waals surface area contributed by atoms with Crippen LogP contribution in [0.5, 0.6) is 0 Å². The molecule has 1 rings (SSSR count). The number of aromatic nitrogens is 2. The third-order valence-corrected chi connectivity index (χ3v) is 5.06. The van der Waals surface area contributed by atoms with E-state index in [1.807, 2.05) is 0 Å². The summed E-state index contributed by atoms with van der Waals surface area (Å²) in [5.41, 5.74) is 6.03. The van der Waals surface area contributed by atoms with E-state index in [0.29, 0.717) is 5.69 Å². The molecule has 4 atom stereocenters. The molecule has 16 heteroatoms. The van der Waals surface area contributed by atoms with Gasteiger partial charge in [0.1, 0.15) is 18.1 Å². The molecule has 1 heterocycles. The lowest BCUT2D eigenvalue weighted by atomic mass is 10.1. The number of carbonyl (C=O) groups is 6. The van der Waals surface area contributed by atoms with E-state index in [9.17, 15) is 33.9 Å². The highest BCUT2D eigenvalue weighted by Crippen LogP contribution is 2.05. The van der Waals surface area contributed by atoms with Crippen LogP contribution in [0.4, 0.5) is 0 Å². The molecule has 3 amide bonds. The minimum absolute atomic E-state index is 0.149. The molecule has 0 aliphatic heterocycles. The van der Waals surface area contributed by atoms with Crippen molar-refractivity contribution in [1.82, 2.24) is 25.9 Å². The molecule has 0 aromatic carbocycles. The van der Waals surface area contributed by atoms with Gasteiger partial charge in [-0.1, -0.05) is 0 Å². The van der Waals surface area contributed by atoms with E-state index >= 15 is 0 Å². The number of nitrogens with zero attached hydrogens (tertiary/aromatic N) is 1. The summed E-state index contributed by atoms with van der Waals surface area (Å²) in [5, 5.41) is 33.9. The lowest BCUT2D eigenvalue weighted by Gasteiger charge is -2.24. The molecule has 0 saturated heterocycles. The number of H-pyrrole nitrogens is 1. The van der Waals surface area contributed by atoms with E-state index in [0.717, 1.165) is 0 Å². The molecule has 0 bridgehead atoms. The molecule has 0 aliphatic rings. The molecule has 1 aromatic heterocycles.